The number of ether oxygens (including phenoxy) is 2. The summed E-state index contributed by atoms with van der Waals surface area (Å²) in [6.45, 7) is 5.51. The minimum Gasteiger partial charge on any atom is -0.463 e. The zero-order chi connectivity index (χ0) is 16.5. The second-order valence-corrected chi connectivity index (χ2v) is 5.45. The number of allylic oxidation sites excluding steroid dienone is 1. The first-order valence-corrected chi connectivity index (χ1v) is 7.56. The first-order chi connectivity index (χ1) is 10.3. The molecule has 0 N–H and O–H groups in total. The van der Waals surface area contributed by atoms with Crippen LogP contribution in [-0.2, 0) is 14.3 Å². The van der Waals surface area contributed by atoms with Gasteiger partial charge in [-0.05, 0) is 27.2 Å². The highest BCUT2D eigenvalue weighted by Crippen LogP contribution is 2.58. The van der Waals surface area contributed by atoms with Crippen LogP contribution in [-0.4, -0.2) is 48.2 Å². The summed E-state index contributed by atoms with van der Waals surface area (Å²) in [7, 11) is 0. The standard InChI is InChI=1S/C15H21F2NO4/c1-4-18(5-2)13(20)22-14(12(19)21-6-3)10-7-8-11(9-10)15(14,16)17/h7-8,10-11H,4-6,9H2,1-3H3/t10-,11+,14+/m0/s1. The molecule has 0 aromatic heterocycles. The van der Waals surface area contributed by atoms with Crippen LogP contribution in [0.4, 0.5) is 13.6 Å². The Balaban J connectivity index is 2.38. The number of hydrogen-bond acceptors (Lipinski definition) is 4. The van der Waals surface area contributed by atoms with Gasteiger partial charge in [-0.3, -0.25) is 0 Å². The first kappa shape index (κ1) is 16.7. The summed E-state index contributed by atoms with van der Waals surface area (Å²) in [5.41, 5.74) is -2.55. The third-order valence-corrected chi connectivity index (χ3v) is 4.42. The lowest BCUT2D eigenvalue weighted by atomic mass is 9.84. The number of amides is 1. The monoisotopic (exact) mass is 317 g/mol. The molecule has 7 heteroatoms. The molecule has 5 nitrogen and oxygen atoms in total. The molecule has 0 spiro atoms. The normalized spacial score (nSPS) is 31.1. The van der Waals surface area contributed by atoms with Gasteiger partial charge in [-0.15, -0.1) is 0 Å². The fourth-order valence-corrected chi connectivity index (χ4v) is 3.19. The maximum atomic E-state index is 14.7. The van der Waals surface area contributed by atoms with Crippen molar-refractivity contribution in [2.45, 2.75) is 38.7 Å². The van der Waals surface area contributed by atoms with Crippen molar-refractivity contribution in [1.82, 2.24) is 4.90 Å². The van der Waals surface area contributed by atoms with E-state index < -0.39 is 35.4 Å². The van der Waals surface area contributed by atoms with Crippen LogP contribution in [0, 0.1) is 11.8 Å². The number of carbonyl (C=O) groups is 2. The van der Waals surface area contributed by atoms with E-state index in [1.807, 2.05) is 0 Å². The van der Waals surface area contributed by atoms with Crippen LogP contribution < -0.4 is 0 Å². The van der Waals surface area contributed by atoms with Crippen molar-refractivity contribution < 1.29 is 27.8 Å². The van der Waals surface area contributed by atoms with Gasteiger partial charge in [0, 0.05) is 24.9 Å². The Morgan fingerprint density at radius 1 is 1.18 bits per heavy atom. The molecule has 0 aliphatic heterocycles. The van der Waals surface area contributed by atoms with Gasteiger partial charge >= 0.3 is 18.0 Å². The van der Waals surface area contributed by atoms with Gasteiger partial charge in [0.15, 0.2) is 0 Å². The van der Waals surface area contributed by atoms with Crippen LogP contribution >= 0.6 is 0 Å². The number of fused-ring (bicyclic) bond motifs is 2. The molecule has 1 fully saturated rings. The molecule has 0 aromatic rings. The number of alkyl halides is 2. The average molecular weight is 317 g/mol. The largest absolute Gasteiger partial charge is 0.463 e. The van der Waals surface area contributed by atoms with Gasteiger partial charge < -0.3 is 14.4 Å². The topological polar surface area (TPSA) is 55.8 Å². The molecular formula is C15H21F2NO4. The fourth-order valence-electron chi connectivity index (χ4n) is 3.19. The average Bonchev–Trinajstić information content (AvgIpc) is 3.02. The summed E-state index contributed by atoms with van der Waals surface area (Å²) < 4.78 is 39.4. The molecule has 0 aromatic carbocycles. The summed E-state index contributed by atoms with van der Waals surface area (Å²) in [6, 6.07) is 0. The number of carbonyl (C=O) groups excluding carboxylic acids is 2. The van der Waals surface area contributed by atoms with Gasteiger partial charge in [-0.25, -0.2) is 18.4 Å². The van der Waals surface area contributed by atoms with Crippen LogP contribution in [0.5, 0.6) is 0 Å². The number of hydrogen-bond donors (Lipinski definition) is 0. The van der Waals surface area contributed by atoms with Crippen molar-refractivity contribution in [3.8, 4) is 0 Å². The van der Waals surface area contributed by atoms with Gasteiger partial charge in [0.2, 0.25) is 0 Å². The molecule has 22 heavy (non-hydrogen) atoms. The van der Waals surface area contributed by atoms with E-state index in [-0.39, 0.29) is 13.0 Å². The molecule has 0 heterocycles. The van der Waals surface area contributed by atoms with E-state index in [0.717, 1.165) is 0 Å². The number of esters is 1. The quantitative estimate of drug-likeness (QED) is 0.578. The van der Waals surface area contributed by atoms with E-state index in [0.29, 0.717) is 13.1 Å². The maximum Gasteiger partial charge on any atom is 0.411 e. The SMILES string of the molecule is CCOC(=O)[C@]1(OC(=O)N(CC)CC)[C@H]2C=C[C@H](C2)C1(F)F. The zero-order valence-electron chi connectivity index (χ0n) is 13.0. The fraction of sp³-hybridized carbons (Fsp3) is 0.733. The molecule has 1 amide bonds. The van der Waals surface area contributed by atoms with Crippen molar-refractivity contribution in [2.24, 2.45) is 11.8 Å². The molecule has 2 aliphatic carbocycles. The highest BCUT2D eigenvalue weighted by Gasteiger charge is 2.76. The maximum absolute atomic E-state index is 14.7. The molecule has 2 rings (SSSR count). The van der Waals surface area contributed by atoms with Crippen molar-refractivity contribution in [1.29, 1.82) is 0 Å². The Hall–Kier alpha value is -1.66. The van der Waals surface area contributed by atoms with Gasteiger partial charge in [0.05, 0.1) is 6.61 Å². The molecular weight excluding hydrogens is 296 g/mol. The van der Waals surface area contributed by atoms with Crippen molar-refractivity contribution in [2.75, 3.05) is 19.7 Å². The summed E-state index contributed by atoms with van der Waals surface area (Å²) in [5, 5.41) is 0. The van der Waals surface area contributed by atoms with Gasteiger partial charge in [0.25, 0.3) is 5.60 Å². The Bertz CT molecular complexity index is 490. The molecule has 0 radical (unpaired) electrons. The third kappa shape index (κ3) is 2.18. The molecule has 0 saturated heterocycles. The lowest BCUT2D eigenvalue weighted by Gasteiger charge is -2.39. The van der Waals surface area contributed by atoms with Crippen LogP contribution in [0.15, 0.2) is 12.2 Å². The zero-order valence-corrected chi connectivity index (χ0v) is 13.0. The van der Waals surface area contributed by atoms with Gasteiger partial charge in [-0.2, -0.15) is 0 Å². The Morgan fingerprint density at radius 3 is 2.23 bits per heavy atom. The number of halogens is 2. The smallest absolute Gasteiger partial charge is 0.411 e. The van der Waals surface area contributed by atoms with E-state index >= 15 is 0 Å². The summed E-state index contributed by atoms with van der Waals surface area (Å²) in [5.74, 6) is -6.60. The van der Waals surface area contributed by atoms with Crippen LogP contribution in [0.1, 0.15) is 27.2 Å². The Labute approximate surface area is 128 Å². The minimum atomic E-state index is -3.47. The lowest BCUT2D eigenvalue weighted by Crippen LogP contribution is -2.61. The van der Waals surface area contributed by atoms with E-state index in [1.165, 1.54) is 24.0 Å². The molecule has 1 saturated carbocycles. The van der Waals surface area contributed by atoms with Crippen LogP contribution in [0.3, 0.4) is 0 Å². The highest BCUT2D eigenvalue weighted by molar-refractivity contribution is 5.86. The lowest BCUT2D eigenvalue weighted by molar-refractivity contribution is -0.216. The first-order valence-electron chi connectivity index (χ1n) is 7.56. The predicted octanol–water partition coefficient (Wildman–Crippen LogP) is 2.61. The van der Waals surface area contributed by atoms with Gasteiger partial charge in [0.1, 0.15) is 0 Å². The van der Waals surface area contributed by atoms with Crippen molar-refractivity contribution in [3.63, 3.8) is 0 Å². The van der Waals surface area contributed by atoms with Crippen molar-refractivity contribution >= 4 is 12.1 Å². The summed E-state index contributed by atoms with van der Waals surface area (Å²) in [6.07, 6.45) is 2.07. The minimum absolute atomic E-state index is 0.0550. The summed E-state index contributed by atoms with van der Waals surface area (Å²) in [4.78, 5) is 25.7. The second kappa shape index (κ2) is 5.85. The highest BCUT2D eigenvalue weighted by atomic mass is 19.3. The number of nitrogens with zero attached hydrogens (tertiary/aromatic N) is 1. The second-order valence-electron chi connectivity index (χ2n) is 5.45. The summed E-state index contributed by atoms with van der Waals surface area (Å²) >= 11 is 0. The van der Waals surface area contributed by atoms with E-state index in [9.17, 15) is 18.4 Å². The van der Waals surface area contributed by atoms with E-state index in [4.69, 9.17) is 9.47 Å². The molecule has 2 aliphatic rings. The Morgan fingerprint density at radius 2 is 1.77 bits per heavy atom. The molecule has 3 atom stereocenters. The van der Waals surface area contributed by atoms with Crippen LogP contribution in [0.2, 0.25) is 0 Å². The van der Waals surface area contributed by atoms with Gasteiger partial charge in [-0.1, -0.05) is 12.2 Å². The predicted molar refractivity (Wildman–Crippen MR) is 74.5 cm³/mol. The molecule has 2 bridgehead atoms. The molecule has 124 valence electrons. The Kier molecular flexibility index (Phi) is 4.44. The van der Waals surface area contributed by atoms with E-state index in [1.54, 1.807) is 13.8 Å². The number of rotatable bonds is 5. The van der Waals surface area contributed by atoms with E-state index in [2.05, 4.69) is 0 Å². The molecule has 0 unspecified atom stereocenters. The van der Waals surface area contributed by atoms with Crippen molar-refractivity contribution in [3.05, 3.63) is 12.2 Å². The van der Waals surface area contributed by atoms with Crippen LogP contribution in [0.25, 0.3) is 0 Å². The third-order valence-electron chi connectivity index (χ3n) is 4.42.